The van der Waals surface area contributed by atoms with Crippen molar-refractivity contribution in [3.63, 3.8) is 0 Å². The molecule has 5 heteroatoms. The van der Waals surface area contributed by atoms with Gasteiger partial charge in [-0.1, -0.05) is 12.8 Å². The number of nitrogens with zero attached hydrogens (tertiary/aromatic N) is 2. The fraction of sp³-hybridized carbons (Fsp3) is 0.462. The monoisotopic (exact) mass is 244 g/mol. The fourth-order valence-electron chi connectivity index (χ4n) is 2.83. The van der Waals surface area contributed by atoms with Gasteiger partial charge in [0.15, 0.2) is 0 Å². The summed E-state index contributed by atoms with van der Waals surface area (Å²) in [5, 5.41) is 0. The van der Waals surface area contributed by atoms with E-state index in [-0.39, 0.29) is 11.7 Å². The van der Waals surface area contributed by atoms with E-state index in [1.54, 1.807) is 0 Å². The summed E-state index contributed by atoms with van der Waals surface area (Å²) in [5.41, 5.74) is 14.8. The van der Waals surface area contributed by atoms with Crippen LogP contribution in [0.4, 0.5) is 5.82 Å². The molecule has 0 fully saturated rings. The topological polar surface area (TPSA) is 94.4 Å². The predicted octanol–water partition coefficient (Wildman–Crippen LogP) is 1.18. The van der Waals surface area contributed by atoms with Crippen LogP contribution >= 0.6 is 0 Å². The molecule has 2 heterocycles. The molecule has 2 aliphatic rings. The molecule has 0 bridgehead atoms. The van der Waals surface area contributed by atoms with Gasteiger partial charge in [-0.25, -0.2) is 4.98 Å². The second-order valence-electron chi connectivity index (χ2n) is 4.89. The number of nitrogens with two attached hydrogens (primary N) is 2. The van der Waals surface area contributed by atoms with Crippen LogP contribution in [0.5, 0.6) is 0 Å². The largest absolute Gasteiger partial charge is 0.383 e. The Morgan fingerprint density at radius 1 is 0.944 bits per heavy atom. The molecule has 0 unspecified atom stereocenters. The smallest absolute Gasteiger partial charge is 0.280 e. The van der Waals surface area contributed by atoms with Crippen molar-refractivity contribution in [1.82, 2.24) is 4.98 Å². The van der Waals surface area contributed by atoms with Gasteiger partial charge in [-0.2, -0.15) is 4.99 Å². The van der Waals surface area contributed by atoms with E-state index in [2.05, 4.69) is 9.98 Å². The molecule has 1 aliphatic carbocycles. The van der Waals surface area contributed by atoms with E-state index in [1.165, 1.54) is 12.8 Å². The van der Waals surface area contributed by atoms with Crippen molar-refractivity contribution >= 4 is 17.6 Å². The Bertz CT molecular complexity index is 563. The third-order valence-electron chi connectivity index (χ3n) is 3.69. The Morgan fingerprint density at radius 3 is 2.44 bits per heavy atom. The molecular weight excluding hydrogens is 228 g/mol. The molecule has 0 radical (unpaired) electrons. The average molecular weight is 244 g/mol. The van der Waals surface area contributed by atoms with Crippen molar-refractivity contribution < 1.29 is 4.79 Å². The quantitative estimate of drug-likeness (QED) is 0.716. The summed E-state index contributed by atoms with van der Waals surface area (Å²) in [5.74, 6) is 0.301. The van der Waals surface area contributed by atoms with Crippen molar-refractivity contribution in [2.24, 2.45) is 10.7 Å². The number of hydrogen-bond donors (Lipinski definition) is 2. The highest BCUT2D eigenvalue weighted by atomic mass is 16.1. The lowest BCUT2D eigenvalue weighted by atomic mass is 9.91. The lowest BCUT2D eigenvalue weighted by molar-refractivity contribution is 0.101. The van der Waals surface area contributed by atoms with Gasteiger partial charge in [0.2, 0.25) is 0 Å². The van der Waals surface area contributed by atoms with Crippen molar-refractivity contribution in [1.29, 1.82) is 0 Å². The summed E-state index contributed by atoms with van der Waals surface area (Å²) >= 11 is 0. The Kier molecular flexibility index (Phi) is 2.54. The molecule has 94 valence electrons. The number of carbonyl (C=O) groups excluding carboxylic acids is 1. The first-order valence-electron chi connectivity index (χ1n) is 6.38. The van der Waals surface area contributed by atoms with Crippen molar-refractivity contribution in [2.75, 3.05) is 5.73 Å². The minimum Gasteiger partial charge on any atom is -0.383 e. The molecule has 3 rings (SSSR count). The van der Waals surface area contributed by atoms with Gasteiger partial charge in [-0.15, -0.1) is 0 Å². The molecule has 1 aliphatic heterocycles. The normalized spacial score (nSPS) is 18.7. The van der Waals surface area contributed by atoms with Gasteiger partial charge in [0.05, 0.1) is 11.1 Å². The fourth-order valence-corrected chi connectivity index (χ4v) is 2.83. The van der Waals surface area contributed by atoms with Gasteiger partial charge in [0.25, 0.3) is 5.91 Å². The van der Waals surface area contributed by atoms with Crippen LogP contribution in [0.15, 0.2) is 4.99 Å². The number of nitrogen functional groups attached to an aromatic ring is 1. The third kappa shape index (κ3) is 1.58. The summed E-state index contributed by atoms with van der Waals surface area (Å²) in [6.07, 6.45) is 6.36. The maximum atomic E-state index is 11.9. The van der Waals surface area contributed by atoms with E-state index >= 15 is 0 Å². The zero-order valence-electron chi connectivity index (χ0n) is 10.2. The molecule has 0 atom stereocenters. The standard InChI is InChI=1S/C13H16N4O/c14-11-10-9(13(18)17-12(10)15)7-5-3-1-2-4-6-8(7)16-11/h1-6H2,(H2,14,16)(H2,15,17,18). The minimum absolute atomic E-state index is 0.213. The summed E-state index contributed by atoms with van der Waals surface area (Å²) in [7, 11) is 0. The first-order chi connectivity index (χ1) is 8.68. The van der Waals surface area contributed by atoms with E-state index in [0.717, 1.165) is 36.9 Å². The number of fused-ring (bicyclic) bond motifs is 3. The van der Waals surface area contributed by atoms with E-state index in [0.29, 0.717) is 16.9 Å². The molecule has 4 N–H and O–H groups in total. The second kappa shape index (κ2) is 4.08. The minimum atomic E-state index is -0.256. The molecule has 0 aromatic carbocycles. The van der Waals surface area contributed by atoms with E-state index in [1.807, 2.05) is 0 Å². The highest BCUT2D eigenvalue weighted by Crippen LogP contribution is 2.30. The highest BCUT2D eigenvalue weighted by molar-refractivity contribution is 6.22. The van der Waals surface area contributed by atoms with Crippen LogP contribution < -0.4 is 11.5 Å². The van der Waals surface area contributed by atoms with Gasteiger partial charge in [-0.05, 0) is 31.2 Å². The molecule has 0 saturated carbocycles. The summed E-state index contributed by atoms with van der Waals surface area (Å²) in [4.78, 5) is 20.2. The Morgan fingerprint density at radius 2 is 1.67 bits per heavy atom. The van der Waals surface area contributed by atoms with Gasteiger partial charge in [0.1, 0.15) is 11.7 Å². The molecule has 1 aromatic rings. The van der Waals surface area contributed by atoms with Crippen molar-refractivity contribution in [3.05, 3.63) is 22.4 Å². The number of hydrogen-bond acceptors (Lipinski definition) is 4. The van der Waals surface area contributed by atoms with E-state index in [4.69, 9.17) is 11.5 Å². The molecule has 18 heavy (non-hydrogen) atoms. The molecule has 5 nitrogen and oxygen atoms in total. The lowest BCUT2D eigenvalue weighted by Crippen LogP contribution is -2.17. The molecule has 0 spiro atoms. The van der Waals surface area contributed by atoms with Gasteiger partial charge in [-0.3, -0.25) is 4.79 Å². The van der Waals surface area contributed by atoms with E-state index in [9.17, 15) is 4.79 Å². The number of aromatic nitrogens is 1. The third-order valence-corrected chi connectivity index (χ3v) is 3.69. The van der Waals surface area contributed by atoms with Crippen LogP contribution in [0.1, 0.15) is 52.9 Å². The number of amidine groups is 1. The van der Waals surface area contributed by atoms with Crippen LogP contribution in [0.2, 0.25) is 0 Å². The number of aliphatic imine (C=N–C) groups is 1. The Hall–Kier alpha value is -1.91. The summed E-state index contributed by atoms with van der Waals surface area (Å²) in [6, 6.07) is 0. The number of amides is 1. The number of carbonyl (C=O) groups is 1. The average Bonchev–Trinajstić information content (AvgIpc) is 2.58. The second-order valence-corrected chi connectivity index (χ2v) is 4.89. The number of anilines is 1. The molecule has 0 saturated heterocycles. The van der Waals surface area contributed by atoms with E-state index < -0.39 is 0 Å². The zero-order chi connectivity index (χ0) is 12.7. The Balaban J connectivity index is 2.21. The Labute approximate surface area is 105 Å². The van der Waals surface area contributed by atoms with Crippen LogP contribution in [-0.2, 0) is 12.8 Å². The number of aryl methyl sites for hydroxylation is 1. The number of pyridine rings is 1. The van der Waals surface area contributed by atoms with Gasteiger partial charge < -0.3 is 11.5 Å². The predicted molar refractivity (Wildman–Crippen MR) is 69.6 cm³/mol. The van der Waals surface area contributed by atoms with Crippen molar-refractivity contribution in [3.8, 4) is 0 Å². The SMILES string of the molecule is NC1=NC(=O)c2c3c(nc(N)c21)CCCCCC3. The number of rotatable bonds is 0. The maximum absolute atomic E-state index is 11.9. The maximum Gasteiger partial charge on any atom is 0.280 e. The summed E-state index contributed by atoms with van der Waals surface area (Å²) in [6.45, 7) is 0. The van der Waals surface area contributed by atoms with Crippen LogP contribution in [0.3, 0.4) is 0 Å². The molecule has 1 amide bonds. The van der Waals surface area contributed by atoms with Crippen LogP contribution in [-0.4, -0.2) is 16.7 Å². The first kappa shape index (κ1) is 11.2. The van der Waals surface area contributed by atoms with Gasteiger partial charge in [0, 0.05) is 5.69 Å². The lowest BCUT2D eigenvalue weighted by Gasteiger charge is -2.17. The van der Waals surface area contributed by atoms with Crippen LogP contribution in [0, 0.1) is 0 Å². The summed E-state index contributed by atoms with van der Waals surface area (Å²) < 4.78 is 0. The van der Waals surface area contributed by atoms with Gasteiger partial charge >= 0.3 is 0 Å². The zero-order valence-corrected chi connectivity index (χ0v) is 10.2. The molecular formula is C13H16N4O. The van der Waals surface area contributed by atoms with Crippen LogP contribution in [0.25, 0.3) is 0 Å². The first-order valence-corrected chi connectivity index (χ1v) is 6.38. The van der Waals surface area contributed by atoms with Crippen molar-refractivity contribution in [2.45, 2.75) is 38.5 Å². The highest BCUT2D eigenvalue weighted by Gasteiger charge is 2.30. The molecule has 1 aromatic heterocycles.